The molecule has 1 aliphatic carbocycles. The van der Waals surface area contributed by atoms with Crippen molar-refractivity contribution in [3.63, 3.8) is 0 Å². The van der Waals surface area contributed by atoms with Gasteiger partial charge in [-0.15, -0.1) is 0 Å². The van der Waals surface area contributed by atoms with Crippen LogP contribution in [0.4, 0.5) is 0 Å². The van der Waals surface area contributed by atoms with Gasteiger partial charge in [0.25, 0.3) is 0 Å². The Kier molecular flexibility index (Phi) is 10.5. The van der Waals surface area contributed by atoms with Crippen LogP contribution in [0.25, 0.3) is 0 Å². The molecule has 2 rings (SSSR count). The number of allylic oxidation sites excluding steroid dienone is 2. The van der Waals surface area contributed by atoms with Crippen LogP contribution in [0.2, 0.25) is 0 Å². The minimum absolute atomic E-state index is 0.0216. The lowest BCUT2D eigenvalue weighted by atomic mass is 9.88. The molecule has 0 saturated carbocycles. The molecule has 1 aromatic rings. The lowest BCUT2D eigenvalue weighted by Gasteiger charge is -2.27. The smallest absolute Gasteiger partial charge is 0.246 e. The van der Waals surface area contributed by atoms with E-state index in [-0.39, 0.29) is 31.3 Å². The first-order valence-corrected chi connectivity index (χ1v) is 10.6. The van der Waals surface area contributed by atoms with Gasteiger partial charge in [-0.3, -0.25) is 14.8 Å². The Hall–Kier alpha value is -2.22. The predicted molar refractivity (Wildman–Crippen MR) is 114 cm³/mol. The molecule has 0 aromatic heterocycles. The summed E-state index contributed by atoms with van der Waals surface area (Å²) >= 11 is 0. The zero-order chi connectivity index (χ0) is 21.8. The topological polar surface area (TPSA) is 96.9 Å². The van der Waals surface area contributed by atoms with Gasteiger partial charge in [0, 0.05) is 18.4 Å². The molecule has 0 saturated heterocycles. The van der Waals surface area contributed by atoms with Crippen LogP contribution >= 0.6 is 0 Å². The Labute approximate surface area is 178 Å². The van der Waals surface area contributed by atoms with Gasteiger partial charge in [-0.1, -0.05) is 42.0 Å². The summed E-state index contributed by atoms with van der Waals surface area (Å²) in [5.41, 5.74) is 4.07. The van der Waals surface area contributed by atoms with Gasteiger partial charge in [-0.25, -0.2) is 5.48 Å². The monoisotopic (exact) mass is 418 g/mol. The lowest BCUT2D eigenvalue weighted by molar-refractivity contribution is -0.135. The molecule has 0 heterocycles. The third kappa shape index (κ3) is 8.26. The first kappa shape index (κ1) is 24.1. The third-order valence-corrected chi connectivity index (χ3v) is 5.42. The van der Waals surface area contributed by atoms with Crippen LogP contribution < -0.4 is 10.8 Å². The maximum Gasteiger partial charge on any atom is 0.246 e. The number of benzene rings is 1. The van der Waals surface area contributed by atoms with Crippen LogP contribution in [0.5, 0.6) is 0 Å². The molecule has 3 N–H and O–H groups in total. The third-order valence-electron chi connectivity index (χ3n) is 5.42. The van der Waals surface area contributed by atoms with Crippen molar-refractivity contribution in [3.8, 4) is 0 Å². The fourth-order valence-electron chi connectivity index (χ4n) is 3.64. The largest absolute Gasteiger partial charge is 0.356 e. The molecule has 3 atom stereocenters. The molecule has 7 nitrogen and oxygen atoms in total. The van der Waals surface area contributed by atoms with Gasteiger partial charge in [0.1, 0.15) is 6.79 Å². The number of carbonyl (C=O) groups excluding carboxylic acids is 2. The molecule has 7 heteroatoms. The number of hydrogen-bond donors (Lipinski definition) is 3. The number of ether oxygens (including phenoxy) is 2. The fourth-order valence-corrected chi connectivity index (χ4v) is 3.64. The van der Waals surface area contributed by atoms with Crippen molar-refractivity contribution in [2.45, 2.75) is 52.0 Å². The molecule has 1 unspecified atom stereocenters. The average molecular weight is 419 g/mol. The van der Waals surface area contributed by atoms with Crippen molar-refractivity contribution in [1.29, 1.82) is 0 Å². The lowest BCUT2D eigenvalue weighted by Crippen LogP contribution is -2.45. The minimum Gasteiger partial charge on any atom is -0.356 e. The highest BCUT2D eigenvalue weighted by Crippen LogP contribution is 2.24. The molecule has 0 bridgehead atoms. The summed E-state index contributed by atoms with van der Waals surface area (Å²) in [5.74, 6) is -1.07. The molecular weight excluding hydrogens is 384 g/mol. The summed E-state index contributed by atoms with van der Waals surface area (Å²) in [6.07, 6.45) is 5.40. The standard InChI is InChI=1S/C23H34N2O5/c1-3-29-16-30-15-21(24-22(26)19-11-9-17(2)10-12-19)14-20(23(27)25-28)13-18-7-5-4-6-8-18/h4-9,19-21,28H,3,10-16H2,1-2H3,(H,24,26)(H,25,27)/t19?,20-,21-/m0/s1. The summed E-state index contributed by atoms with van der Waals surface area (Å²) in [6.45, 7) is 4.86. The van der Waals surface area contributed by atoms with Gasteiger partial charge in [0.05, 0.1) is 12.6 Å². The van der Waals surface area contributed by atoms with E-state index in [4.69, 9.17) is 9.47 Å². The summed E-state index contributed by atoms with van der Waals surface area (Å²) in [6, 6.07) is 9.24. The van der Waals surface area contributed by atoms with Gasteiger partial charge < -0.3 is 14.8 Å². The van der Waals surface area contributed by atoms with Crippen LogP contribution in [-0.2, 0) is 25.5 Å². The van der Waals surface area contributed by atoms with E-state index >= 15 is 0 Å². The highest BCUT2D eigenvalue weighted by atomic mass is 16.7. The Balaban J connectivity index is 2.04. The van der Waals surface area contributed by atoms with Crippen LogP contribution in [-0.4, -0.2) is 43.1 Å². The molecule has 0 spiro atoms. The molecule has 0 aliphatic heterocycles. The number of hydrogen-bond acceptors (Lipinski definition) is 5. The SMILES string of the molecule is CCOCOC[C@H](C[C@H](Cc1ccccc1)C(=O)NO)NC(=O)C1CC=C(C)CC1. The number of nitrogens with one attached hydrogen (secondary N) is 2. The fraction of sp³-hybridized carbons (Fsp3) is 0.565. The summed E-state index contributed by atoms with van der Waals surface area (Å²) in [4.78, 5) is 25.1. The first-order chi connectivity index (χ1) is 14.5. The summed E-state index contributed by atoms with van der Waals surface area (Å²) in [7, 11) is 0. The molecule has 0 fully saturated rings. The van der Waals surface area contributed by atoms with Crippen molar-refractivity contribution in [2.75, 3.05) is 20.0 Å². The highest BCUT2D eigenvalue weighted by molar-refractivity contribution is 5.80. The molecule has 30 heavy (non-hydrogen) atoms. The van der Waals surface area contributed by atoms with E-state index in [0.29, 0.717) is 19.4 Å². The number of carbonyl (C=O) groups is 2. The van der Waals surface area contributed by atoms with Crippen LogP contribution in [0.1, 0.15) is 45.1 Å². The van der Waals surface area contributed by atoms with E-state index in [1.807, 2.05) is 37.3 Å². The maximum absolute atomic E-state index is 12.8. The number of amides is 2. The Bertz CT molecular complexity index is 692. The van der Waals surface area contributed by atoms with Gasteiger partial charge in [0.15, 0.2) is 0 Å². The van der Waals surface area contributed by atoms with E-state index in [1.54, 1.807) is 5.48 Å². The van der Waals surface area contributed by atoms with Crippen molar-refractivity contribution >= 4 is 11.8 Å². The maximum atomic E-state index is 12.8. The molecule has 0 radical (unpaired) electrons. The second kappa shape index (κ2) is 13.2. The second-order valence-corrected chi connectivity index (χ2v) is 7.81. The molecule has 166 valence electrons. The molecular formula is C23H34N2O5. The van der Waals surface area contributed by atoms with Crippen molar-refractivity contribution < 1.29 is 24.3 Å². The van der Waals surface area contributed by atoms with E-state index < -0.39 is 11.8 Å². The zero-order valence-corrected chi connectivity index (χ0v) is 17.9. The van der Waals surface area contributed by atoms with Gasteiger partial charge in [0.2, 0.25) is 11.8 Å². The Morgan fingerprint density at radius 2 is 2.00 bits per heavy atom. The quantitative estimate of drug-likeness (QED) is 0.159. The van der Waals surface area contributed by atoms with Crippen LogP contribution in [0.3, 0.4) is 0 Å². The Morgan fingerprint density at radius 1 is 1.23 bits per heavy atom. The highest BCUT2D eigenvalue weighted by Gasteiger charge is 2.27. The number of rotatable bonds is 12. The van der Waals surface area contributed by atoms with E-state index in [9.17, 15) is 14.8 Å². The second-order valence-electron chi connectivity index (χ2n) is 7.81. The van der Waals surface area contributed by atoms with E-state index in [1.165, 1.54) is 5.57 Å². The average Bonchev–Trinajstić information content (AvgIpc) is 2.76. The zero-order valence-electron chi connectivity index (χ0n) is 17.9. The van der Waals surface area contributed by atoms with Crippen molar-refractivity contribution in [1.82, 2.24) is 10.8 Å². The van der Waals surface area contributed by atoms with E-state index in [0.717, 1.165) is 24.8 Å². The van der Waals surface area contributed by atoms with Crippen molar-refractivity contribution in [3.05, 3.63) is 47.5 Å². The summed E-state index contributed by atoms with van der Waals surface area (Å²) < 4.78 is 10.8. The van der Waals surface area contributed by atoms with Gasteiger partial charge >= 0.3 is 0 Å². The molecule has 1 aromatic carbocycles. The van der Waals surface area contributed by atoms with Gasteiger partial charge in [-0.05, 0) is 51.5 Å². The molecule has 1 aliphatic rings. The van der Waals surface area contributed by atoms with Crippen LogP contribution in [0, 0.1) is 11.8 Å². The van der Waals surface area contributed by atoms with Crippen LogP contribution in [0.15, 0.2) is 42.0 Å². The van der Waals surface area contributed by atoms with E-state index in [2.05, 4.69) is 18.3 Å². The number of hydroxylamine groups is 1. The Morgan fingerprint density at radius 3 is 2.63 bits per heavy atom. The summed E-state index contributed by atoms with van der Waals surface area (Å²) in [5, 5.41) is 12.3. The normalized spacial score (nSPS) is 18.2. The minimum atomic E-state index is -0.508. The van der Waals surface area contributed by atoms with Crippen molar-refractivity contribution in [2.24, 2.45) is 11.8 Å². The van der Waals surface area contributed by atoms with Gasteiger partial charge in [-0.2, -0.15) is 0 Å². The predicted octanol–water partition coefficient (Wildman–Crippen LogP) is 2.98. The first-order valence-electron chi connectivity index (χ1n) is 10.6. The molecule has 2 amide bonds.